The van der Waals surface area contributed by atoms with Gasteiger partial charge in [-0.25, -0.2) is 4.68 Å². The molecule has 2 aromatic heterocycles. The van der Waals surface area contributed by atoms with Crippen LogP contribution >= 0.6 is 0 Å². The fraction of sp³-hybridized carbons (Fsp3) is 0.143. The van der Waals surface area contributed by atoms with Crippen molar-refractivity contribution in [3.63, 3.8) is 0 Å². The van der Waals surface area contributed by atoms with Crippen LogP contribution in [0.15, 0.2) is 60.8 Å². The summed E-state index contributed by atoms with van der Waals surface area (Å²) in [6.45, 7) is 3.95. The number of hydrogen-bond donors (Lipinski definition) is 2. The number of carbonyl (C=O) groups is 1. The normalized spacial score (nSPS) is 11.0. The van der Waals surface area contributed by atoms with E-state index < -0.39 is 0 Å². The Kier molecular flexibility index (Phi) is 4.05. The third-order valence-electron chi connectivity index (χ3n) is 4.62. The highest BCUT2D eigenvalue weighted by atomic mass is 16.1. The standard InChI is InChI=1S/C21H20N4O/c1-14-19(15(2)25(24-14)18-6-4-3-5-7-18)13-21(26)23-17-9-8-16-10-11-22-20(16)12-17/h3-12,22H,13H2,1-2H3,(H,23,26). The van der Waals surface area contributed by atoms with Crippen molar-refractivity contribution in [3.05, 3.63) is 77.7 Å². The summed E-state index contributed by atoms with van der Waals surface area (Å²) in [5.41, 5.74) is 5.62. The third kappa shape index (κ3) is 2.99. The highest BCUT2D eigenvalue weighted by molar-refractivity contribution is 5.95. The molecule has 130 valence electrons. The molecule has 2 N–H and O–H groups in total. The number of hydrogen-bond acceptors (Lipinski definition) is 2. The summed E-state index contributed by atoms with van der Waals surface area (Å²) in [5.74, 6) is -0.0466. The predicted octanol–water partition coefficient (Wildman–Crippen LogP) is 4.15. The summed E-state index contributed by atoms with van der Waals surface area (Å²) in [4.78, 5) is 15.7. The molecular weight excluding hydrogens is 324 g/mol. The zero-order chi connectivity index (χ0) is 18.1. The fourth-order valence-electron chi connectivity index (χ4n) is 3.24. The lowest BCUT2D eigenvalue weighted by Gasteiger charge is -2.07. The van der Waals surface area contributed by atoms with Gasteiger partial charge in [0.25, 0.3) is 0 Å². The summed E-state index contributed by atoms with van der Waals surface area (Å²) in [5, 5.41) is 8.71. The molecule has 5 nitrogen and oxygen atoms in total. The number of para-hydroxylation sites is 1. The number of rotatable bonds is 4. The molecule has 4 rings (SSSR count). The Labute approximate surface area is 151 Å². The number of amides is 1. The lowest BCUT2D eigenvalue weighted by molar-refractivity contribution is -0.115. The van der Waals surface area contributed by atoms with E-state index in [2.05, 4.69) is 15.4 Å². The predicted molar refractivity (Wildman–Crippen MR) is 104 cm³/mol. The monoisotopic (exact) mass is 344 g/mol. The van der Waals surface area contributed by atoms with Crippen molar-refractivity contribution >= 4 is 22.5 Å². The zero-order valence-electron chi connectivity index (χ0n) is 14.8. The smallest absolute Gasteiger partial charge is 0.228 e. The van der Waals surface area contributed by atoms with E-state index in [-0.39, 0.29) is 5.91 Å². The molecule has 0 saturated heterocycles. The number of aromatic amines is 1. The topological polar surface area (TPSA) is 62.7 Å². The Morgan fingerprint density at radius 3 is 2.73 bits per heavy atom. The molecule has 4 aromatic rings. The first-order valence-electron chi connectivity index (χ1n) is 8.59. The Morgan fingerprint density at radius 1 is 1.12 bits per heavy atom. The van der Waals surface area contributed by atoms with E-state index in [1.54, 1.807) is 0 Å². The molecule has 0 spiro atoms. The van der Waals surface area contributed by atoms with Crippen LogP contribution in [0.5, 0.6) is 0 Å². The van der Waals surface area contributed by atoms with Crippen LogP contribution < -0.4 is 5.32 Å². The fourth-order valence-corrected chi connectivity index (χ4v) is 3.24. The van der Waals surface area contributed by atoms with Gasteiger partial charge in [-0.3, -0.25) is 4.79 Å². The molecule has 1 amide bonds. The lowest BCUT2D eigenvalue weighted by atomic mass is 10.1. The molecule has 2 aromatic carbocycles. The van der Waals surface area contributed by atoms with Gasteiger partial charge in [-0.05, 0) is 49.6 Å². The van der Waals surface area contributed by atoms with Crippen LogP contribution in [0.1, 0.15) is 17.0 Å². The number of H-pyrrole nitrogens is 1. The second-order valence-electron chi connectivity index (χ2n) is 6.40. The van der Waals surface area contributed by atoms with Crippen LogP contribution in [-0.4, -0.2) is 20.7 Å². The minimum atomic E-state index is -0.0466. The number of aryl methyl sites for hydroxylation is 1. The highest BCUT2D eigenvalue weighted by Crippen LogP contribution is 2.20. The van der Waals surface area contributed by atoms with Gasteiger partial charge in [0, 0.05) is 28.7 Å². The molecule has 26 heavy (non-hydrogen) atoms. The van der Waals surface area contributed by atoms with E-state index in [0.717, 1.165) is 39.2 Å². The first-order valence-corrected chi connectivity index (χ1v) is 8.59. The maximum absolute atomic E-state index is 12.5. The van der Waals surface area contributed by atoms with Crippen molar-refractivity contribution in [2.24, 2.45) is 0 Å². The van der Waals surface area contributed by atoms with Gasteiger partial charge in [0.05, 0.1) is 17.8 Å². The summed E-state index contributed by atoms with van der Waals surface area (Å²) in [6.07, 6.45) is 2.19. The summed E-state index contributed by atoms with van der Waals surface area (Å²) >= 11 is 0. The van der Waals surface area contributed by atoms with Crippen LogP contribution in [0.4, 0.5) is 5.69 Å². The van der Waals surface area contributed by atoms with Crippen LogP contribution in [0.25, 0.3) is 16.6 Å². The maximum Gasteiger partial charge on any atom is 0.228 e. The van der Waals surface area contributed by atoms with Crippen LogP contribution in [0.2, 0.25) is 0 Å². The first kappa shape index (κ1) is 16.1. The average Bonchev–Trinajstić information content (AvgIpc) is 3.21. The molecule has 0 aliphatic carbocycles. The molecule has 0 aliphatic rings. The number of benzene rings is 2. The van der Waals surface area contributed by atoms with E-state index in [1.807, 2.05) is 79.3 Å². The van der Waals surface area contributed by atoms with E-state index in [4.69, 9.17) is 0 Å². The van der Waals surface area contributed by atoms with E-state index >= 15 is 0 Å². The Bertz CT molecular complexity index is 1080. The minimum Gasteiger partial charge on any atom is -0.361 e. The van der Waals surface area contributed by atoms with Gasteiger partial charge < -0.3 is 10.3 Å². The molecular formula is C21H20N4O. The van der Waals surface area contributed by atoms with Crippen molar-refractivity contribution in [2.75, 3.05) is 5.32 Å². The quantitative estimate of drug-likeness (QED) is 0.584. The number of aromatic nitrogens is 3. The molecule has 0 radical (unpaired) electrons. The number of fused-ring (bicyclic) bond motifs is 1. The van der Waals surface area contributed by atoms with Crippen LogP contribution in [0, 0.1) is 13.8 Å². The van der Waals surface area contributed by atoms with E-state index in [9.17, 15) is 4.79 Å². The molecule has 0 bridgehead atoms. The SMILES string of the molecule is Cc1nn(-c2ccccc2)c(C)c1CC(=O)Nc1ccc2cc[nH]c2c1. The molecule has 0 saturated carbocycles. The third-order valence-corrected chi connectivity index (χ3v) is 4.62. The minimum absolute atomic E-state index is 0.0466. The molecule has 0 unspecified atom stereocenters. The Balaban J connectivity index is 1.55. The van der Waals surface area contributed by atoms with Gasteiger partial charge in [0.15, 0.2) is 0 Å². The number of carbonyl (C=O) groups excluding carboxylic acids is 1. The van der Waals surface area contributed by atoms with E-state index in [0.29, 0.717) is 6.42 Å². The Morgan fingerprint density at radius 2 is 1.92 bits per heavy atom. The van der Waals surface area contributed by atoms with Crippen LogP contribution in [-0.2, 0) is 11.2 Å². The second kappa shape index (κ2) is 6.52. The van der Waals surface area contributed by atoms with Crippen molar-refractivity contribution in [1.29, 1.82) is 0 Å². The first-order chi connectivity index (χ1) is 12.6. The van der Waals surface area contributed by atoms with Gasteiger partial charge >= 0.3 is 0 Å². The van der Waals surface area contributed by atoms with Crippen molar-refractivity contribution in [1.82, 2.24) is 14.8 Å². The maximum atomic E-state index is 12.5. The van der Waals surface area contributed by atoms with Crippen molar-refractivity contribution in [3.8, 4) is 5.69 Å². The zero-order valence-corrected chi connectivity index (χ0v) is 14.8. The molecule has 0 atom stereocenters. The molecule has 5 heteroatoms. The number of nitrogens with zero attached hydrogens (tertiary/aromatic N) is 2. The highest BCUT2D eigenvalue weighted by Gasteiger charge is 2.16. The molecule has 2 heterocycles. The largest absolute Gasteiger partial charge is 0.361 e. The van der Waals surface area contributed by atoms with Crippen molar-refractivity contribution < 1.29 is 4.79 Å². The summed E-state index contributed by atoms with van der Waals surface area (Å²) < 4.78 is 1.89. The lowest BCUT2D eigenvalue weighted by Crippen LogP contribution is -2.15. The van der Waals surface area contributed by atoms with E-state index in [1.165, 1.54) is 0 Å². The van der Waals surface area contributed by atoms with Gasteiger partial charge in [-0.15, -0.1) is 0 Å². The van der Waals surface area contributed by atoms with Gasteiger partial charge in [-0.1, -0.05) is 24.3 Å². The van der Waals surface area contributed by atoms with Crippen LogP contribution in [0.3, 0.4) is 0 Å². The molecule has 0 fully saturated rings. The van der Waals surface area contributed by atoms with Gasteiger partial charge in [0.1, 0.15) is 0 Å². The average molecular weight is 344 g/mol. The van der Waals surface area contributed by atoms with Gasteiger partial charge in [-0.2, -0.15) is 5.10 Å². The number of nitrogens with one attached hydrogen (secondary N) is 2. The second-order valence-corrected chi connectivity index (χ2v) is 6.40. The Hall–Kier alpha value is -3.34. The van der Waals surface area contributed by atoms with Crippen molar-refractivity contribution in [2.45, 2.75) is 20.3 Å². The number of anilines is 1. The molecule has 0 aliphatic heterocycles. The van der Waals surface area contributed by atoms with Gasteiger partial charge in [0.2, 0.25) is 5.91 Å². The summed E-state index contributed by atoms with van der Waals surface area (Å²) in [6, 6.07) is 17.8. The summed E-state index contributed by atoms with van der Waals surface area (Å²) in [7, 11) is 0.